The Morgan fingerprint density at radius 3 is 2.38 bits per heavy atom. The van der Waals surface area contributed by atoms with Gasteiger partial charge in [0.15, 0.2) is 6.61 Å². The fraction of sp³-hybridized carbons (Fsp3) is 0.190. The number of carbonyl (C=O) groups excluding carboxylic acids is 2. The van der Waals surface area contributed by atoms with Crippen LogP contribution in [0.15, 0.2) is 54.7 Å². The molecule has 0 saturated heterocycles. The van der Waals surface area contributed by atoms with Crippen molar-refractivity contribution in [1.82, 2.24) is 9.78 Å². The van der Waals surface area contributed by atoms with Crippen LogP contribution in [0.3, 0.4) is 0 Å². The lowest BCUT2D eigenvalue weighted by atomic mass is 10.0. The van der Waals surface area contributed by atoms with E-state index in [9.17, 15) is 14.0 Å². The first kappa shape index (κ1) is 20.1. The van der Waals surface area contributed by atoms with E-state index in [1.807, 2.05) is 13.8 Å². The summed E-state index contributed by atoms with van der Waals surface area (Å²) >= 11 is 0. The number of rotatable bonds is 7. The Morgan fingerprint density at radius 1 is 1.14 bits per heavy atom. The van der Waals surface area contributed by atoms with Gasteiger partial charge in [-0.05, 0) is 54.4 Å². The van der Waals surface area contributed by atoms with E-state index in [1.54, 1.807) is 41.1 Å². The summed E-state index contributed by atoms with van der Waals surface area (Å²) in [4.78, 5) is 23.6. The second kappa shape index (κ2) is 8.55. The molecule has 29 heavy (non-hydrogen) atoms. The van der Waals surface area contributed by atoms with Crippen molar-refractivity contribution in [3.63, 3.8) is 0 Å². The summed E-state index contributed by atoms with van der Waals surface area (Å²) in [6.07, 6.45) is 1.50. The third-order valence-corrected chi connectivity index (χ3v) is 4.16. The molecule has 0 aliphatic heterocycles. The van der Waals surface area contributed by atoms with Gasteiger partial charge in [0.05, 0.1) is 23.1 Å². The Hall–Kier alpha value is -3.68. The predicted octanol–water partition coefficient (Wildman–Crippen LogP) is 3.25. The molecule has 3 aromatic rings. The van der Waals surface area contributed by atoms with Crippen LogP contribution in [0.1, 0.15) is 35.8 Å². The third kappa shape index (κ3) is 4.78. The van der Waals surface area contributed by atoms with Gasteiger partial charge < -0.3 is 15.8 Å². The summed E-state index contributed by atoms with van der Waals surface area (Å²) in [5, 5.41) is 7.14. The molecule has 150 valence electrons. The molecule has 3 rings (SSSR count). The number of aromatic nitrogens is 2. The highest BCUT2D eigenvalue weighted by atomic mass is 19.1. The van der Waals surface area contributed by atoms with Gasteiger partial charge in [0.25, 0.3) is 11.8 Å². The van der Waals surface area contributed by atoms with Crippen LogP contribution in [0.25, 0.3) is 5.69 Å². The Bertz CT molecular complexity index is 1010. The molecular weight excluding hydrogens is 375 g/mol. The number of amides is 2. The van der Waals surface area contributed by atoms with Crippen LogP contribution >= 0.6 is 0 Å². The molecule has 0 bridgehead atoms. The average Bonchev–Trinajstić information content (AvgIpc) is 3.13. The van der Waals surface area contributed by atoms with Crippen LogP contribution in [0.2, 0.25) is 0 Å². The Kier molecular flexibility index (Phi) is 5.92. The fourth-order valence-electron chi connectivity index (χ4n) is 2.86. The average molecular weight is 396 g/mol. The van der Waals surface area contributed by atoms with Gasteiger partial charge in [-0.1, -0.05) is 13.8 Å². The van der Waals surface area contributed by atoms with Gasteiger partial charge in [0.1, 0.15) is 11.6 Å². The Labute approximate surface area is 167 Å². The molecule has 0 radical (unpaired) electrons. The first-order valence-corrected chi connectivity index (χ1v) is 9.01. The molecule has 0 spiro atoms. The molecule has 2 amide bonds. The van der Waals surface area contributed by atoms with E-state index in [2.05, 4.69) is 10.4 Å². The van der Waals surface area contributed by atoms with Crippen LogP contribution in [-0.2, 0) is 4.79 Å². The SMILES string of the molecule is CC(C)c1c(C(=O)Nc2ccc(OCC(N)=O)cc2)cnn1-c1ccc(F)cc1. The molecule has 2 aromatic carbocycles. The number of hydrogen-bond donors (Lipinski definition) is 2. The molecule has 0 aliphatic rings. The minimum absolute atomic E-state index is 0.00730. The molecular formula is C21H21FN4O3. The topological polar surface area (TPSA) is 99.2 Å². The molecule has 0 saturated carbocycles. The highest BCUT2D eigenvalue weighted by Gasteiger charge is 2.21. The van der Waals surface area contributed by atoms with Crippen LogP contribution < -0.4 is 15.8 Å². The van der Waals surface area contributed by atoms with Crippen molar-refractivity contribution in [3.05, 3.63) is 71.8 Å². The maximum absolute atomic E-state index is 13.2. The normalized spacial score (nSPS) is 10.8. The van der Waals surface area contributed by atoms with Crippen molar-refractivity contribution in [2.45, 2.75) is 19.8 Å². The van der Waals surface area contributed by atoms with E-state index >= 15 is 0 Å². The second-order valence-electron chi connectivity index (χ2n) is 6.72. The molecule has 1 heterocycles. The number of nitrogens with one attached hydrogen (secondary N) is 1. The van der Waals surface area contributed by atoms with E-state index in [0.29, 0.717) is 22.7 Å². The highest BCUT2D eigenvalue weighted by Crippen LogP contribution is 2.24. The zero-order chi connectivity index (χ0) is 21.0. The Morgan fingerprint density at radius 2 is 1.79 bits per heavy atom. The largest absolute Gasteiger partial charge is 0.484 e. The minimum atomic E-state index is -0.568. The van der Waals surface area contributed by atoms with Crippen molar-refractivity contribution >= 4 is 17.5 Å². The van der Waals surface area contributed by atoms with E-state index in [1.165, 1.54) is 18.3 Å². The molecule has 1 aromatic heterocycles. The summed E-state index contributed by atoms with van der Waals surface area (Å²) < 4.78 is 20.1. The maximum Gasteiger partial charge on any atom is 0.259 e. The lowest BCUT2D eigenvalue weighted by Crippen LogP contribution is -2.20. The van der Waals surface area contributed by atoms with E-state index in [-0.39, 0.29) is 24.2 Å². The van der Waals surface area contributed by atoms with Crippen molar-refractivity contribution in [2.24, 2.45) is 5.73 Å². The standard InChI is InChI=1S/C21H21FN4O3/c1-13(2)20-18(11-24-26(20)16-7-3-14(22)4-8-16)21(28)25-15-5-9-17(10-6-15)29-12-19(23)27/h3-11,13H,12H2,1-2H3,(H2,23,27)(H,25,28). The molecule has 7 nitrogen and oxygen atoms in total. The first-order chi connectivity index (χ1) is 13.8. The summed E-state index contributed by atoms with van der Waals surface area (Å²) in [6.45, 7) is 3.70. The number of anilines is 1. The summed E-state index contributed by atoms with van der Waals surface area (Å²) in [5.74, 6) is -0.746. The van der Waals surface area contributed by atoms with E-state index in [4.69, 9.17) is 10.5 Å². The third-order valence-electron chi connectivity index (χ3n) is 4.16. The van der Waals surface area contributed by atoms with Crippen LogP contribution in [0.5, 0.6) is 5.75 Å². The van der Waals surface area contributed by atoms with Gasteiger partial charge in [0, 0.05) is 5.69 Å². The molecule has 0 aliphatic carbocycles. The van der Waals surface area contributed by atoms with Crippen LogP contribution in [0, 0.1) is 5.82 Å². The zero-order valence-electron chi connectivity index (χ0n) is 16.1. The van der Waals surface area contributed by atoms with Gasteiger partial charge in [-0.25, -0.2) is 9.07 Å². The van der Waals surface area contributed by atoms with Gasteiger partial charge >= 0.3 is 0 Å². The number of halogens is 1. The summed E-state index contributed by atoms with van der Waals surface area (Å²) in [6, 6.07) is 12.5. The number of benzene rings is 2. The summed E-state index contributed by atoms with van der Waals surface area (Å²) in [5.41, 5.74) is 7.42. The quantitative estimate of drug-likeness (QED) is 0.640. The first-order valence-electron chi connectivity index (χ1n) is 9.01. The monoisotopic (exact) mass is 396 g/mol. The minimum Gasteiger partial charge on any atom is -0.484 e. The number of nitrogens with zero attached hydrogens (tertiary/aromatic N) is 2. The molecule has 8 heteroatoms. The van der Waals surface area contributed by atoms with Crippen LogP contribution in [-0.4, -0.2) is 28.2 Å². The predicted molar refractivity (Wildman–Crippen MR) is 107 cm³/mol. The van der Waals surface area contributed by atoms with Gasteiger partial charge in [-0.15, -0.1) is 0 Å². The number of primary amides is 1. The zero-order valence-corrected chi connectivity index (χ0v) is 16.1. The number of nitrogens with two attached hydrogens (primary N) is 1. The van der Waals surface area contributed by atoms with Crippen molar-refractivity contribution in [3.8, 4) is 11.4 Å². The molecule has 0 fully saturated rings. The van der Waals surface area contributed by atoms with E-state index in [0.717, 1.165) is 5.69 Å². The smallest absolute Gasteiger partial charge is 0.259 e. The summed E-state index contributed by atoms with van der Waals surface area (Å²) in [7, 11) is 0. The van der Waals surface area contributed by atoms with Crippen LogP contribution in [0.4, 0.5) is 10.1 Å². The molecule has 0 atom stereocenters. The maximum atomic E-state index is 13.2. The molecule has 3 N–H and O–H groups in total. The highest BCUT2D eigenvalue weighted by molar-refractivity contribution is 6.05. The second-order valence-corrected chi connectivity index (χ2v) is 6.72. The fourth-order valence-corrected chi connectivity index (χ4v) is 2.86. The van der Waals surface area contributed by atoms with Gasteiger partial charge in [-0.2, -0.15) is 5.10 Å². The number of ether oxygens (including phenoxy) is 1. The van der Waals surface area contributed by atoms with Crippen molar-refractivity contribution in [2.75, 3.05) is 11.9 Å². The van der Waals surface area contributed by atoms with E-state index < -0.39 is 5.91 Å². The lowest BCUT2D eigenvalue weighted by Gasteiger charge is -2.13. The van der Waals surface area contributed by atoms with Crippen molar-refractivity contribution in [1.29, 1.82) is 0 Å². The van der Waals surface area contributed by atoms with Crippen molar-refractivity contribution < 1.29 is 18.7 Å². The van der Waals surface area contributed by atoms with Gasteiger partial charge in [-0.3, -0.25) is 9.59 Å². The Balaban J connectivity index is 1.80. The lowest BCUT2D eigenvalue weighted by molar-refractivity contribution is -0.119. The molecule has 0 unspecified atom stereocenters. The number of carbonyl (C=O) groups is 2. The van der Waals surface area contributed by atoms with Gasteiger partial charge in [0.2, 0.25) is 0 Å². The number of hydrogen-bond acceptors (Lipinski definition) is 4.